The summed E-state index contributed by atoms with van der Waals surface area (Å²) in [6, 6.07) is 12.5. The van der Waals surface area contributed by atoms with Gasteiger partial charge in [-0.25, -0.2) is 4.79 Å². The van der Waals surface area contributed by atoms with E-state index in [4.69, 9.17) is 0 Å². The summed E-state index contributed by atoms with van der Waals surface area (Å²) in [7, 11) is 0. The summed E-state index contributed by atoms with van der Waals surface area (Å²) in [6.07, 6.45) is -6.32. The molecular weight excluding hydrogens is 540 g/mol. The lowest BCUT2D eigenvalue weighted by molar-refractivity contribution is -0.376. The van der Waals surface area contributed by atoms with Crippen molar-refractivity contribution >= 4 is 17.4 Å². The maximum atomic E-state index is 13.1. The van der Waals surface area contributed by atoms with Crippen LogP contribution in [0, 0.1) is 5.92 Å². The molecule has 1 aliphatic rings. The van der Waals surface area contributed by atoms with Crippen LogP contribution in [0.15, 0.2) is 67.0 Å². The number of carbonyl (C=O) groups excluding carboxylic acids is 1. The van der Waals surface area contributed by atoms with Crippen LogP contribution in [-0.4, -0.2) is 51.7 Å². The van der Waals surface area contributed by atoms with E-state index in [1.54, 1.807) is 6.07 Å². The smallest absolute Gasteiger partial charge is 0.369 e. The molecule has 1 fully saturated rings. The number of urea groups is 1. The van der Waals surface area contributed by atoms with Gasteiger partial charge in [0.1, 0.15) is 0 Å². The number of aliphatic hydroxyl groups is 1. The van der Waals surface area contributed by atoms with Crippen molar-refractivity contribution in [2.75, 3.05) is 23.7 Å². The van der Waals surface area contributed by atoms with Gasteiger partial charge in [-0.3, -0.25) is 4.90 Å². The first-order chi connectivity index (χ1) is 18.8. The third-order valence-electron chi connectivity index (χ3n) is 6.88. The molecule has 2 heterocycles. The highest BCUT2D eigenvalue weighted by Gasteiger charge is 2.71. The molecule has 0 saturated carbocycles. The van der Waals surface area contributed by atoms with Crippen LogP contribution >= 0.6 is 0 Å². The second-order valence-electron chi connectivity index (χ2n) is 9.73. The van der Waals surface area contributed by atoms with Crippen molar-refractivity contribution in [3.63, 3.8) is 0 Å². The van der Waals surface area contributed by atoms with Crippen molar-refractivity contribution in [2.45, 2.75) is 43.8 Å². The van der Waals surface area contributed by atoms with Crippen LogP contribution in [0.25, 0.3) is 0 Å². The maximum Gasteiger partial charge on any atom is 0.430 e. The largest absolute Gasteiger partial charge is 0.430 e. The molecule has 214 valence electrons. The fourth-order valence-electron chi connectivity index (χ4n) is 4.66. The Labute approximate surface area is 226 Å². The molecular formula is C27H27F6N5O2. The molecule has 1 aliphatic heterocycles. The fraction of sp³-hybridized carbons (Fsp3) is 0.370. The molecule has 40 heavy (non-hydrogen) atoms. The van der Waals surface area contributed by atoms with E-state index in [0.29, 0.717) is 41.5 Å². The van der Waals surface area contributed by atoms with E-state index >= 15 is 0 Å². The zero-order valence-electron chi connectivity index (χ0n) is 21.1. The van der Waals surface area contributed by atoms with E-state index in [1.165, 1.54) is 24.5 Å². The number of alkyl halides is 6. The molecule has 0 atom stereocenters. The Morgan fingerprint density at radius 1 is 0.825 bits per heavy atom. The predicted molar refractivity (Wildman–Crippen MR) is 135 cm³/mol. The van der Waals surface area contributed by atoms with Crippen molar-refractivity contribution in [3.05, 3.63) is 83.7 Å². The Kier molecular flexibility index (Phi) is 8.64. The van der Waals surface area contributed by atoms with Gasteiger partial charge in [0.05, 0.1) is 18.1 Å². The number of hydrogen-bond acceptors (Lipinski definition) is 5. The minimum Gasteiger partial charge on any atom is -0.369 e. The molecule has 3 N–H and O–H groups in total. The summed E-state index contributed by atoms with van der Waals surface area (Å²) >= 11 is 0. The van der Waals surface area contributed by atoms with Crippen LogP contribution in [-0.2, 0) is 18.6 Å². The predicted octanol–water partition coefficient (Wildman–Crippen LogP) is 5.89. The Morgan fingerprint density at radius 2 is 1.40 bits per heavy atom. The number of nitrogens with one attached hydrogen (secondary N) is 2. The molecule has 0 spiro atoms. The van der Waals surface area contributed by atoms with Gasteiger partial charge in [0.2, 0.25) is 0 Å². The lowest BCUT2D eigenvalue weighted by Crippen LogP contribution is -2.53. The number of hydrogen-bond donors (Lipinski definition) is 3. The quantitative estimate of drug-likeness (QED) is 0.310. The van der Waals surface area contributed by atoms with E-state index in [9.17, 15) is 36.2 Å². The van der Waals surface area contributed by atoms with Crippen LogP contribution in [0.4, 0.5) is 42.5 Å². The summed E-state index contributed by atoms with van der Waals surface area (Å²) in [6.45, 7) is 1.83. The first-order valence-electron chi connectivity index (χ1n) is 12.5. The molecule has 13 heteroatoms. The average Bonchev–Trinajstić information content (AvgIpc) is 2.90. The Balaban J connectivity index is 1.25. The van der Waals surface area contributed by atoms with Gasteiger partial charge < -0.3 is 15.7 Å². The van der Waals surface area contributed by atoms with Gasteiger partial charge in [-0.2, -0.15) is 36.5 Å². The highest BCUT2D eigenvalue weighted by atomic mass is 19.4. The zero-order valence-corrected chi connectivity index (χ0v) is 21.1. The number of amides is 2. The SMILES string of the molecule is O=C(Nc1ccc(CC2CCN(Cc3ccc(C(O)(C(F)(F)F)C(F)(F)F)cc3)CC2)cc1)Nc1ccnnc1. The van der Waals surface area contributed by atoms with Gasteiger partial charge in [-0.1, -0.05) is 36.4 Å². The van der Waals surface area contributed by atoms with Crippen molar-refractivity contribution in [2.24, 2.45) is 5.92 Å². The number of anilines is 2. The molecule has 1 saturated heterocycles. The topological polar surface area (TPSA) is 90.4 Å². The van der Waals surface area contributed by atoms with E-state index in [0.717, 1.165) is 37.9 Å². The van der Waals surface area contributed by atoms with Gasteiger partial charge in [-0.05, 0) is 67.6 Å². The summed E-state index contributed by atoms with van der Waals surface area (Å²) in [5, 5.41) is 22.3. The number of likely N-dealkylation sites (tertiary alicyclic amines) is 1. The zero-order chi connectivity index (χ0) is 29.0. The van der Waals surface area contributed by atoms with Crippen LogP contribution in [0.3, 0.4) is 0 Å². The molecule has 0 bridgehead atoms. The molecule has 2 amide bonds. The van der Waals surface area contributed by atoms with Gasteiger partial charge >= 0.3 is 18.4 Å². The van der Waals surface area contributed by atoms with Crippen molar-refractivity contribution in [1.29, 1.82) is 0 Å². The molecule has 0 aliphatic carbocycles. The molecule has 7 nitrogen and oxygen atoms in total. The molecule has 0 unspecified atom stereocenters. The van der Waals surface area contributed by atoms with E-state index < -0.39 is 29.5 Å². The first-order valence-corrected chi connectivity index (χ1v) is 12.5. The van der Waals surface area contributed by atoms with Crippen LogP contribution in [0.2, 0.25) is 0 Å². The van der Waals surface area contributed by atoms with Crippen LogP contribution in [0.1, 0.15) is 29.5 Å². The second kappa shape index (κ2) is 11.8. The Hall–Kier alpha value is -3.71. The van der Waals surface area contributed by atoms with E-state index in [2.05, 4.69) is 25.7 Å². The van der Waals surface area contributed by atoms with Crippen LogP contribution < -0.4 is 10.6 Å². The van der Waals surface area contributed by atoms with E-state index in [-0.39, 0.29) is 0 Å². The van der Waals surface area contributed by atoms with Gasteiger partial charge in [0, 0.05) is 17.8 Å². The number of benzene rings is 2. The third kappa shape index (κ3) is 6.89. The standard InChI is InChI=1S/C27H27F6N5O2/c28-26(29,30)25(40,27(31,32)33)21-5-1-20(2-6-21)17-38-13-10-19(11-14-38)15-18-3-7-22(8-4-18)36-24(39)37-23-9-12-34-35-16-23/h1-9,12,16,19,40H,10-11,13-15,17H2,(H2,34,36,37,39). The number of piperidine rings is 1. The average molecular weight is 568 g/mol. The van der Waals surface area contributed by atoms with Gasteiger partial charge in [0.15, 0.2) is 0 Å². The Bertz CT molecular complexity index is 1250. The number of nitrogens with zero attached hydrogens (tertiary/aromatic N) is 3. The normalized spacial score (nSPS) is 15.6. The maximum absolute atomic E-state index is 13.1. The second-order valence-corrected chi connectivity index (χ2v) is 9.73. The minimum absolute atomic E-state index is 0.376. The summed E-state index contributed by atoms with van der Waals surface area (Å²) in [4.78, 5) is 14.2. The van der Waals surface area contributed by atoms with Crippen molar-refractivity contribution in [3.8, 4) is 0 Å². The first kappa shape index (κ1) is 29.3. The van der Waals surface area contributed by atoms with Crippen LogP contribution in [0.5, 0.6) is 0 Å². The van der Waals surface area contributed by atoms with Crippen molar-refractivity contribution < 1.29 is 36.2 Å². The summed E-state index contributed by atoms with van der Waals surface area (Å²) in [5.74, 6) is 0.411. The number of aromatic nitrogens is 2. The number of carbonyl (C=O) groups is 1. The lowest BCUT2D eigenvalue weighted by atomic mass is 9.89. The Morgan fingerprint density at radius 3 is 1.95 bits per heavy atom. The van der Waals surface area contributed by atoms with Gasteiger partial charge in [-0.15, -0.1) is 0 Å². The molecule has 2 aromatic carbocycles. The lowest BCUT2D eigenvalue weighted by Gasteiger charge is -2.33. The number of rotatable bonds is 7. The minimum atomic E-state index is -5.90. The number of halogens is 6. The van der Waals surface area contributed by atoms with Crippen molar-refractivity contribution in [1.82, 2.24) is 15.1 Å². The molecule has 0 radical (unpaired) electrons. The molecule has 4 rings (SSSR count). The molecule has 3 aromatic rings. The summed E-state index contributed by atoms with van der Waals surface area (Å²) < 4.78 is 78.6. The third-order valence-corrected chi connectivity index (χ3v) is 6.88. The van der Waals surface area contributed by atoms with E-state index in [1.807, 2.05) is 24.3 Å². The monoisotopic (exact) mass is 567 g/mol. The highest BCUT2D eigenvalue weighted by molar-refractivity contribution is 5.99. The van der Waals surface area contributed by atoms with Gasteiger partial charge in [0.25, 0.3) is 5.60 Å². The molecule has 1 aromatic heterocycles. The fourth-order valence-corrected chi connectivity index (χ4v) is 4.66. The highest BCUT2D eigenvalue weighted by Crippen LogP contribution is 2.50. The summed E-state index contributed by atoms with van der Waals surface area (Å²) in [5.41, 5.74) is -3.37.